The number of thiazole rings is 1. The van der Waals surface area contributed by atoms with Gasteiger partial charge in [0.05, 0.1) is 27.7 Å². The summed E-state index contributed by atoms with van der Waals surface area (Å²) in [6, 6.07) is 2.02. The van der Waals surface area contributed by atoms with Crippen molar-refractivity contribution in [3.05, 3.63) is 32.8 Å². The molecule has 0 bridgehead atoms. The molecule has 3 rings (SSSR count). The number of hydrogen-bond donors (Lipinski definition) is 1. The maximum absolute atomic E-state index is 5.99. The van der Waals surface area contributed by atoms with Crippen LogP contribution >= 0.6 is 22.7 Å². The maximum Gasteiger partial charge on any atom is 0.260 e. The molecule has 0 aliphatic carbocycles. The first kappa shape index (κ1) is 13.3. The third-order valence-electron chi connectivity index (χ3n) is 2.86. The van der Waals surface area contributed by atoms with Crippen LogP contribution in [0, 0.1) is 6.92 Å². The van der Waals surface area contributed by atoms with E-state index in [0.29, 0.717) is 18.1 Å². The summed E-state index contributed by atoms with van der Waals surface area (Å²) in [6.07, 6.45) is 1.53. The van der Waals surface area contributed by atoms with E-state index in [0.717, 1.165) is 27.7 Å². The van der Waals surface area contributed by atoms with Crippen molar-refractivity contribution in [1.29, 1.82) is 0 Å². The molecule has 0 amide bonds. The molecular formula is C13H14N4OS2. The number of thiophene rings is 1. The predicted molar refractivity (Wildman–Crippen MR) is 81.1 cm³/mol. The number of hydrogen-bond acceptors (Lipinski definition) is 7. The van der Waals surface area contributed by atoms with Gasteiger partial charge in [-0.05, 0) is 19.4 Å². The van der Waals surface area contributed by atoms with Crippen molar-refractivity contribution in [2.45, 2.75) is 26.7 Å². The van der Waals surface area contributed by atoms with Gasteiger partial charge in [-0.25, -0.2) is 4.98 Å². The minimum Gasteiger partial charge on any atom is -0.390 e. The zero-order chi connectivity index (χ0) is 14.1. The maximum atomic E-state index is 5.99. The number of nitrogens with two attached hydrogens (primary N) is 1. The van der Waals surface area contributed by atoms with E-state index in [2.05, 4.69) is 22.0 Å². The quantitative estimate of drug-likeness (QED) is 0.800. The van der Waals surface area contributed by atoms with Crippen LogP contribution in [0.4, 0.5) is 5.00 Å². The summed E-state index contributed by atoms with van der Waals surface area (Å²) in [5.41, 5.74) is 7.79. The van der Waals surface area contributed by atoms with Crippen molar-refractivity contribution < 1.29 is 4.52 Å². The Labute approximate surface area is 124 Å². The number of aromatic nitrogens is 3. The Morgan fingerprint density at radius 3 is 2.85 bits per heavy atom. The second-order valence-corrected chi connectivity index (χ2v) is 6.63. The van der Waals surface area contributed by atoms with Crippen LogP contribution in [-0.4, -0.2) is 15.1 Å². The fourth-order valence-electron chi connectivity index (χ4n) is 1.89. The average Bonchev–Trinajstić information content (AvgIpc) is 3.11. The molecule has 7 heteroatoms. The number of anilines is 1. The number of nitrogens with zero attached hydrogens (tertiary/aromatic N) is 3. The molecule has 3 heterocycles. The number of nitrogen functional groups attached to an aromatic ring is 1. The Hall–Kier alpha value is -1.73. The first-order valence-corrected chi connectivity index (χ1v) is 7.97. The van der Waals surface area contributed by atoms with Gasteiger partial charge in [0.2, 0.25) is 0 Å². The SMILES string of the molecule is CCc1cc(-c2nc(Cc3csc(C)n3)no2)c(N)s1. The standard InChI is InChI=1S/C13H14N4OS2/c1-3-9-5-10(12(14)20-9)13-16-11(17-18-13)4-8-6-19-7(2)15-8/h5-6H,3-4,14H2,1-2H3. The van der Waals surface area contributed by atoms with Gasteiger partial charge >= 0.3 is 0 Å². The second kappa shape index (κ2) is 5.34. The zero-order valence-corrected chi connectivity index (χ0v) is 12.8. The third-order valence-corrected chi connectivity index (χ3v) is 4.80. The molecule has 0 unspecified atom stereocenters. The molecule has 5 nitrogen and oxygen atoms in total. The molecule has 0 fully saturated rings. The molecule has 2 N–H and O–H groups in total. The van der Waals surface area contributed by atoms with Gasteiger partial charge in [-0.3, -0.25) is 0 Å². The Morgan fingerprint density at radius 1 is 1.35 bits per heavy atom. The van der Waals surface area contributed by atoms with E-state index < -0.39 is 0 Å². The summed E-state index contributed by atoms with van der Waals surface area (Å²) in [5.74, 6) is 1.12. The van der Waals surface area contributed by atoms with Gasteiger partial charge in [0.25, 0.3) is 5.89 Å². The molecule has 0 aliphatic rings. The van der Waals surface area contributed by atoms with Crippen molar-refractivity contribution in [3.8, 4) is 11.5 Å². The lowest BCUT2D eigenvalue weighted by Crippen LogP contribution is -1.91. The van der Waals surface area contributed by atoms with E-state index in [9.17, 15) is 0 Å². The van der Waals surface area contributed by atoms with Crippen LogP contribution < -0.4 is 5.73 Å². The monoisotopic (exact) mass is 306 g/mol. The van der Waals surface area contributed by atoms with Gasteiger partial charge in [0.15, 0.2) is 5.82 Å². The van der Waals surface area contributed by atoms with E-state index in [4.69, 9.17) is 10.3 Å². The molecule has 3 aromatic rings. The summed E-state index contributed by atoms with van der Waals surface area (Å²) in [5, 5.41) is 7.78. The van der Waals surface area contributed by atoms with Crippen LogP contribution in [-0.2, 0) is 12.8 Å². The predicted octanol–water partition coefficient (Wildman–Crippen LogP) is 3.30. The van der Waals surface area contributed by atoms with Crippen LogP contribution in [0.3, 0.4) is 0 Å². The Balaban J connectivity index is 1.84. The summed E-state index contributed by atoms with van der Waals surface area (Å²) >= 11 is 3.19. The first-order valence-electron chi connectivity index (χ1n) is 6.28. The van der Waals surface area contributed by atoms with Crippen molar-refractivity contribution >= 4 is 27.7 Å². The van der Waals surface area contributed by atoms with Crippen molar-refractivity contribution in [1.82, 2.24) is 15.1 Å². The van der Waals surface area contributed by atoms with E-state index in [1.54, 1.807) is 22.7 Å². The van der Waals surface area contributed by atoms with Gasteiger partial charge < -0.3 is 10.3 Å². The highest BCUT2D eigenvalue weighted by molar-refractivity contribution is 7.16. The molecule has 0 spiro atoms. The fourth-order valence-corrected chi connectivity index (χ4v) is 3.36. The number of aryl methyl sites for hydroxylation is 2. The Bertz CT molecular complexity index is 728. The molecule has 0 atom stereocenters. The lowest BCUT2D eigenvalue weighted by Gasteiger charge is -1.89. The highest BCUT2D eigenvalue weighted by atomic mass is 32.1. The van der Waals surface area contributed by atoms with Crippen LogP contribution in [0.5, 0.6) is 0 Å². The topological polar surface area (TPSA) is 77.8 Å². The lowest BCUT2D eigenvalue weighted by molar-refractivity contribution is 0.424. The van der Waals surface area contributed by atoms with Gasteiger partial charge in [-0.2, -0.15) is 4.98 Å². The fraction of sp³-hybridized carbons (Fsp3) is 0.308. The molecule has 0 radical (unpaired) electrons. The van der Waals surface area contributed by atoms with Gasteiger partial charge in [-0.1, -0.05) is 12.1 Å². The van der Waals surface area contributed by atoms with Crippen LogP contribution in [0.25, 0.3) is 11.5 Å². The Kier molecular flexibility index (Phi) is 3.54. The van der Waals surface area contributed by atoms with Gasteiger partial charge in [-0.15, -0.1) is 22.7 Å². The number of rotatable bonds is 4. The van der Waals surface area contributed by atoms with E-state index in [1.807, 2.05) is 18.4 Å². The smallest absolute Gasteiger partial charge is 0.260 e. The van der Waals surface area contributed by atoms with Crippen LogP contribution in [0.15, 0.2) is 16.0 Å². The highest BCUT2D eigenvalue weighted by Crippen LogP contribution is 2.33. The largest absolute Gasteiger partial charge is 0.390 e. The summed E-state index contributed by atoms with van der Waals surface area (Å²) in [4.78, 5) is 10.0. The van der Waals surface area contributed by atoms with Crippen molar-refractivity contribution in [3.63, 3.8) is 0 Å². The molecule has 20 heavy (non-hydrogen) atoms. The molecule has 0 aliphatic heterocycles. The van der Waals surface area contributed by atoms with Crippen molar-refractivity contribution in [2.75, 3.05) is 5.73 Å². The molecule has 3 aromatic heterocycles. The van der Waals surface area contributed by atoms with Crippen molar-refractivity contribution in [2.24, 2.45) is 0 Å². The van der Waals surface area contributed by atoms with Gasteiger partial charge in [0.1, 0.15) is 0 Å². The van der Waals surface area contributed by atoms with E-state index in [1.165, 1.54) is 4.88 Å². The highest BCUT2D eigenvalue weighted by Gasteiger charge is 2.15. The molecule has 0 saturated heterocycles. The minimum atomic E-state index is 0.486. The lowest BCUT2D eigenvalue weighted by atomic mass is 10.2. The van der Waals surface area contributed by atoms with Crippen LogP contribution in [0.2, 0.25) is 0 Å². The van der Waals surface area contributed by atoms with E-state index in [-0.39, 0.29) is 0 Å². The average molecular weight is 306 g/mol. The van der Waals surface area contributed by atoms with Crippen LogP contribution in [0.1, 0.15) is 28.3 Å². The summed E-state index contributed by atoms with van der Waals surface area (Å²) < 4.78 is 5.31. The summed E-state index contributed by atoms with van der Waals surface area (Å²) in [7, 11) is 0. The minimum absolute atomic E-state index is 0.486. The first-order chi connectivity index (χ1) is 9.65. The molecule has 0 saturated carbocycles. The van der Waals surface area contributed by atoms with Gasteiger partial charge in [0, 0.05) is 10.3 Å². The normalized spacial score (nSPS) is 11.1. The summed E-state index contributed by atoms with van der Waals surface area (Å²) in [6.45, 7) is 4.08. The second-order valence-electron chi connectivity index (χ2n) is 4.39. The van der Waals surface area contributed by atoms with E-state index >= 15 is 0 Å². The molecule has 104 valence electrons. The Morgan fingerprint density at radius 2 is 2.20 bits per heavy atom. The molecule has 0 aromatic carbocycles. The molecular weight excluding hydrogens is 292 g/mol. The third kappa shape index (κ3) is 2.59. The zero-order valence-electron chi connectivity index (χ0n) is 11.2.